The number of hydrogen-bond acceptors (Lipinski definition) is 3. The van der Waals surface area contributed by atoms with Gasteiger partial charge in [-0.3, -0.25) is 4.79 Å². The van der Waals surface area contributed by atoms with Gasteiger partial charge in [0.15, 0.2) is 0 Å². The molecule has 94 valence electrons. The van der Waals surface area contributed by atoms with Crippen LogP contribution in [0, 0.1) is 0 Å². The lowest BCUT2D eigenvalue weighted by atomic mass is 10.1. The summed E-state index contributed by atoms with van der Waals surface area (Å²) in [4.78, 5) is 13.1. The maximum Gasteiger partial charge on any atom is 0.242 e. The first-order valence-electron chi connectivity index (χ1n) is 5.83. The second-order valence-electron chi connectivity index (χ2n) is 4.13. The van der Waals surface area contributed by atoms with Gasteiger partial charge in [0.2, 0.25) is 5.91 Å². The first-order chi connectivity index (χ1) is 8.68. The minimum Gasteiger partial charge on any atom is -0.347 e. The molecule has 2 rings (SSSR count). The second kappa shape index (κ2) is 5.80. The molecule has 1 unspecified atom stereocenters. The Kier molecular flexibility index (Phi) is 4.12. The van der Waals surface area contributed by atoms with E-state index in [1.165, 1.54) is 0 Å². The van der Waals surface area contributed by atoms with Crippen LogP contribution in [0.5, 0.6) is 0 Å². The van der Waals surface area contributed by atoms with Gasteiger partial charge >= 0.3 is 0 Å². The third kappa shape index (κ3) is 2.97. The van der Waals surface area contributed by atoms with E-state index in [2.05, 4.69) is 5.32 Å². The van der Waals surface area contributed by atoms with Gasteiger partial charge in [0, 0.05) is 4.88 Å². The normalized spacial score (nSPS) is 13.9. The molecular weight excluding hydrogens is 244 g/mol. The Hall–Kier alpha value is -1.65. The molecule has 0 fully saturated rings. The van der Waals surface area contributed by atoms with E-state index in [9.17, 15) is 4.79 Å². The van der Waals surface area contributed by atoms with Crippen molar-refractivity contribution >= 4 is 17.2 Å². The molecule has 0 bridgehead atoms. The van der Waals surface area contributed by atoms with Gasteiger partial charge < -0.3 is 11.1 Å². The quantitative estimate of drug-likeness (QED) is 0.888. The topological polar surface area (TPSA) is 55.1 Å². The van der Waals surface area contributed by atoms with Crippen LogP contribution < -0.4 is 11.1 Å². The fourth-order valence-electron chi connectivity index (χ4n) is 1.72. The number of benzene rings is 1. The van der Waals surface area contributed by atoms with Gasteiger partial charge in [0.1, 0.15) is 6.04 Å². The highest BCUT2D eigenvalue weighted by Crippen LogP contribution is 2.19. The lowest BCUT2D eigenvalue weighted by Crippen LogP contribution is -2.35. The number of carbonyl (C=O) groups excluding carboxylic acids is 1. The molecule has 0 radical (unpaired) electrons. The van der Waals surface area contributed by atoms with Crippen molar-refractivity contribution in [2.24, 2.45) is 5.73 Å². The van der Waals surface area contributed by atoms with Gasteiger partial charge in [-0.1, -0.05) is 36.4 Å². The van der Waals surface area contributed by atoms with E-state index < -0.39 is 6.04 Å². The fourth-order valence-corrected chi connectivity index (χ4v) is 2.46. The van der Waals surface area contributed by atoms with E-state index in [4.69, 9.17) is 5.73 Å². The molecule has 1 heterocycles. The minimum atomic E-state index is -0.617. The number of carbonyl (C=O) groups is 1. The molecule has 1 aromatic heterocycles. The van der Waals surface area contributed by atoms with Crippen LogP contribution in [-0.4, -0.2) is 5.91 Å². The van der Waals surface area contributed by atoms with Crippen molar-refractivity contribution in [2.75, 3.05) is 0 Å². The minimum absolute atomic E-state index is 0.00716. The van der Waals surface area contributed by atoms with Crippen molar-refractivity contribution in [3.63, 3.8) is 0 Å². The average molecular weight is 260 g/mol. The van der Waals surface area contributed by atoms with Crippen molar-refractivity contribution in [3.05, 3.63) is 58.3 Å². The fraction of sp³-hybridized carbons (Fsp3) is 0.214. The van der Waals surface area contributed by atoms with Gasteiger partial charge in [-0.05, 0) is 23.9 Å². The van der Waals surface area contributed by atoms with Crippen LogP contribution in [0.15, 0.2) is 47.8 Å². The highest BCUT2D eigenvalue weighted by molar-refractivity contribution is 7.10. The summed E-state index contributed by atoms with van der Waals surface area (Å²) in [5.74, 6) is -0.151. The first kappa shape index (κ1) is 12.8. The first-order valence-corrected chi connectivity index (χ1v) is 6.71. The SMILES string of the molecule is CC(NC(=O)[C@H](N)c1ccccc1)c1cccs1. The van der Waals surface area contributed by atoms with Crippen molar-refractivity contribution in [3.8, 4) is 0 Å². The number of hydrogen-bond donors (Lipinski definition) is 2. The van der Waals surface area contributed by atoms with E-state index >= 15 is 0 Å². The molecule has 0 saturated carbocycles. The molecule has 0 aliphatic heterocycles. The molecule has 0 aliphatic rings. The van der Waals surface area contributed by atoms with Gasteiger partial charge in [0.05, 0.1) is 6.04 Å². The van der Waals surface area contributed by atoms with Gasteiger partial charge in [-0.15, -0.1) is 11.3 Å². The van der Waals surface area contributed by atoms with Crippen LogP contribution in [0.2, 0.25) is 0 Å². The lowest BCUT2D eigenvalue weighted by Gasteiger charge is -2.16. The van der Waals surface area contributed by atoms with Gasteiger partial charge in [0.25, 0.3) is 0 Å². The third-order valence-corrected chi connectivity index (χ3v) is 3.82. The van der Waals surface area contributed by atoms with Crippen LogP contribution in [0.4, 0.5) is 0 Å². The summed E-state index contributed by atoms with van der Waals surface area (Å²) >= 11 is 1.62. The average Bonchev–Trinajstić information content (AvgIpc) is 2.92. The summed E-state index contributed by atoms with van der Waals surface area (Å²) in [6.07, 6.45) is 0. The highest BCUT2D eigenvalue weighted by atomic mass is 32.1. The van der Waals surface area contributed by atoms with E-state index in [1.807, 2.05) is 54.8 Å². The number of rotatable bonds is 4. The molecule has 1 amide bonds. The van der Waals surface area contributed by atoms with Crippen molar-refractivity contribution in [2.45, 2.75) is 19.0 Å². The zero-order chi connectivity index (χ0) is 13.0. The molecule has 3 N–H and O–H groups in total. The maximum atomic E-state index is 12.0. The highest BCUT2D eigenvalue weighted by Gasteiger charge is 2.18. The zero-order valence-electron chi connectivity index (χ0n) is 10.2. The Morgan fingerprint density at radius 2 is 1.94 bits per heavy atom. The van der Waals surface area contributed by atoms with Crippen LogP contribution in [0.25, 0.3) is 0 Å². The van der Waals surface area contributed by atoms with Crippen LogP contribution >= 0.6 is 11.3 Å². The summed E-state index contributed by atoms with van der Waals surface area (Å²) in [6.45, 7) is 1.96. The Labute approximate surface area is 111 Å². The van der Waals surface area contributed by atoms with Crippen molar-refractivity contribution in [1.29, 1.82) is 0 Å². The third-order valence-electron chi connectivity index (χ3n) is 2.77. The molecule has 2 aromatic rings. The van der Waals surface area contributed by atoms with Crippen molar-refractivity contribution < 1.29 is 4.79 Å². The summed E-state index contributed by atoms with van der Waals surface area (Å²) in [5, 5.41) is 4.92. The standard InChI is InChI=1S/C14H16N2OS/c1-10(12-8-5-9-18-12)16-14(17)13(15)11-6-3-2-4-7-11/h2-10,13H,15H2,1H3,(H,16,17)/t10?,13-/m1/s1. The van der Waals surface area contributed by atoms with E-state index in [-0.39, 0.29) is 11.9 Å². The summed E-state index contributed by atoms with van der Waals surface area (Å²) < 4.78 is 0. The van der Waals surface area contributed by atoms with Crippen LogP contribution in [0.1, 0.15) is 29.4 Å². The Morgan fingerprint density at radius 3 is 2.56 bits per heavy atom. The lowest BCUT2D eigenvalue weighted by molar-refractivity contribution is -0.123. The smallest absolute Gasteiger partial charge is 0.242 e. The zero-order valence-corrected chi connectivity index (χ0v) is 11.0. The molecule has 2 atom stereocenters. The molecule has 0 spiro atoms. The molecule has 0 aliphatic carbocycles. The number of nitrogens with two attached hydrogens (primary N) is 1. The van der Waals surface area contributed by atoms with E-state index in [0.29, 0.717) is 0 Å². The maximum absolute atomic E-state index is 12.0. The molecular formula is C14H16N2OS. The number of amides is 1. The van der Waals surface area contributed by atoms with Gasteiger partial charge in [-0.2, -0.15) is 0 Å². The molecule has 4 heteroatoms. The van der Waals surface area contributed by atoms with Crippen LogP contribution in [-0.2, 0) is 4.79 Å². The Morgan fingerprint density at radius 1 is 1.22 bits per heavy atom. The monoisotopic (exact) mass is 260 g/mol. The summed E-state index contributed by atoms with van der Waals surface area (Å²) in [5.41, 5.74) is 6.76. The second-order valence-corrected chi connectivity index (χ2v) is 5.11. The largest absolute Gasteiger partial charge is 0.347 e. The Balaban J connectivity index is 2.00. The number of nitrogens with one attached hydrogen (secondary N) is 1. The van der Waals surface area contributed by atoms with E-state index in [0.717, 1.165) is 10.4 Å². The van der Waals surface area contributed by atoms with Gasteiger partial charge in [-0.25, -0.2) is 0 Å². The predicted molar refractivity (Wildman–Crippen MR) is 74.2 cm³/mol. The van der Waals surface area contributed by atoms with Crippen molar-refractivity contribution in [1.82, 2.24) is 5.32 Å². The summed E-state index contributed by atoms with van der Waals surface area (Å²) in [6, 6.07) is 12.7. The van der Waals surface area contributed by atoms with Crippen LogP contribution in [0.3, 0.4) is 0 Å². The molecule has 18 heavy (non-hydrogen) atoms. The Bertz CT molecular complexity index is 496. The molecule has 1 aromatic carbocycles. The van der Waals surface area contributed by atoms with E-state index in [1.54, 1.807) is 11.3 Å². The molecule has 0 saturated heterocycles. The summed E-state index contributed by atoms with van der Waals surface area (Å²) in [7, 11) is 0. The molecule has 3 nitrogen and oxygen atoms in total. The predicted octanol–water partition coefficient (Wildman–Crippen LogP) is 2.63. The number of thiophene rings is 1.